The summed E-state index contributed by atoms with van der Waals surface area (Å²) in [6.07, 6.45) is 0. The van der Waals surface area contributed by atoms with Crippen molar-refractivity contribution in [3.05, 3.63) is 35.4 Å². The summed E-state index contributed by atoms with van der Waals surface area (Å²) in [5, 5.41) is -0.391. The van der Waals surface area contributed by atoms with Crippen molar-refractivity contribution in [2.45, 2.75) is 6.92 Å². The third-order valence-corrected chi connectivity index (χ3v) is 1.56. The number of carbonyl (C=O) groups excluding carboxylic acids is 1. The molecule has 0 saturated carbocycles. The Balaban J connectivity index is 3.15. The zero-order valence-corrected chi connectivity index (χ0v) is 6.35. The average Bonchev–Trinajstić information content (AvgIpc) is 1.88. The number of halogens is 1. The molecule has 0 aliphatic heterocycles. The van der Waals surface area contributed by atoms with Gasteiger partial charge in [0.05, 0.1) is 0 Å². The maximum atomic E-state index is 10.6. The molecule has 0 atom stereocenters. The van der Waals surface area contributed by atoms with Crippen molar-refractivity contribution in [1.82, 2.24) is 0 Å². The Morgan fingerprint density at radius 1 is 1.40 bits per heavy atom. The molecule has 0 fully saturated rings. The van der Waals surface area contributed by atoms with Gasteiger partial charge in [-0.15, -0.1) is 0 Å². The van der Waals surface area contributed by atoms with Gasteiger partial charge in [0.1, 0.15) is 0 Å². The minimum Gasteiger partial charge on any atom is -0.276 e. The van der Waals surface area contributed by atoms with E-state index >= 15 is 0 Å². The smallest absolute Gasteiger partial charge is 0.252 e. The standard InChI is InChI=1S/C8H7ClO/c1-6-4-2-3-5-7(6)8(9)10/h2-5H,1H3/i2+1,3+1,4+1,5+1,6+1,7+1. The summed E-state index contributed by atoms with van der Waals surface area (Å²) >= 11 is 5.27. The molecule has 0 aliphatic carbocycles. The molecule has 1 aromatic rings. The first-order valence-corrected chi connectivity index (χ1v) is 3.35. The third kappa shape index (κ3) is 1.36. The molecule has 0 bridgehead atoms. The molecule has 0 aromatic heterocycles. The summed E-state index contributed by atoms with van der Waals surface area (Å²) in [7, 11) is 0. The highest BCUT2D eigenvalue weighted by Gasteiger charge is 2.02. The summed E-state index contributed by atoms with van der Waals surface area (Å²) in [6, 6.07) is 7.24. The maximum Gasteiger partial charge on any atom is 0.252 e. The fourth-order valence-electron chi connectivity index (χ4n) is 0.793. The molecule has 1 aromatic carbocycles. The first-order valence-electron chi connectivity index (χ1n) is 2.97. The number of carbonyl (C=O) groups is 1. The summed E-state index contributed by atoms with van der Waals surface area (Å²) in [5.74, 6) is 0. The van der Waals surface area contributed by atoms with Gasteiger partial charge in [-0.2, -0.15) is 0 Å². The van der Waals surface area contributed by atoms with Crippen molar-refractivity contribution in [1.29, 1.82) is 0 Å². The lowest BCUT2D eigenvalue weighted by molar-refractivity contribution is 0.108. The number of hydrogen-bond acceptors (Lipinski definition) is 1. The monoisotopic (exact) mass is 160 g/mol. The molecular formula is C8H7ClO. The molecule has 10 heavy (non-hydrogen) atoms. The van der Waals surface area contributed by atoms with Gasteiger partial charge in [-0.1, -0.05) is 18.2 Å². The van der Waals surface area contributed by atoms with Crippen molar-refractivity contribution >= 4 is 16.8 Å². The largest absolute Gasteiger partial charge is 0.276 e. The molecule has 0 radical (unpaired) electrons. The van der Waals surface area contributed by atoms with E-state index in [4.69, 9.17) is 11.6 Å². The van der Waals surface area contributed by atoms with E-state index in [0.717, 1.165) is 5.56 Å². The highest BCUT2D eigenvalue weighted by molar-refractivity contribution is 6.67. The van der Waals surface area contributed by atoms with Crippen LogP contribution in [0.4, 0.5) is 0 Å². The van der Waals surface area contributed by atoms with Gasteiger partial charge in [0.2, 0.25) is 0 Å². The number of rotatable bonds is 1. The SMILES string of the molecule is C[13c]1[13cH][13cH][13cH][13cH][13c]1C(=O)Cl. The Labute approximate surface area is 64.6 Å². The van der Waals surface area contributed by atoms with E-state index in [1.807, 2.05) is 19.1 Å². The van der Waals surface area contributed by atoms with Crippen molar-refractivity contribution in [3.8, 4) is 0 Å². The highest BCUT2D eigenvalue weighted by atomic mass is 35.5. The van der Waals surface area contributed by atoms with E-state index in [2.05, 4.69) is 0 Å². The molecule has 1 nitrogen and oxygen atoms in total. The van der Waals surface area contributed by atoms with Gasteiger partial charge in [-0.3, -0.25) is 4.79 Å². The maximum absolute atomic E-state index is 10.6. The Morgan fingerprint density at radius 2 is 2.00 bits per heavy atom. The first-order chi connectivity index (χ1) is 4.72. The van der Waals surface area contributed by atoms with Gasteiger partial charge in [-0.25, -0.2) is 0 Å². The van der Waals surface area contributed by atoms with Crippen LogP contribution in [0.15, 0.2) is 24.3 Å². The lowest BCUT2D eigenvalue weighted by Gasteiger charge is -1.96. The molecule has 0 N–H and O–H groups in total. The summed E-state index contributed by atoms with van der Waals surface area (Å²) < 4.78 is 0. The lowest BCUT2D eigenvalue weighted by atomic mass is 10.9. The minimum atomic E-state index is -0.391. The van der Waals surface area contributed by atoms with Crippen LogP contribution < -0.4 is 0 Å². The van der Waals surface area contributed by atoms with E-state index in [1.54, 1.807) is 12.1 Å². The number of benzene rings is 1. The normalized spacial score (nSPS) is 9.40. The molecule has 0 unspecified atom stereocenters. The highest BCUT2D eigenvalue weighted by Crippen LogP contribution is 2.08. The topological polar surface area (TPSA) is 17.1 Å². The van der Waals surface area contributed by atoms with Gasteiger partial charge in [0.25, 0.3) is 5.24 Å². The van der Waals surface area contributed by atoms with Crippen LogP contribution in [0.3, 0.4) is 0 Å². The second kappa shape index (κ2) is 2.84. The number of aryl methyl sites for hydroxylation is 1. The Hall–Kier alpha value is -0.820. The van der Waals surface area contributed by atoms with E-state index < -0.39 is 5.24 Å². The van der Waals surface area contributed by atoms with Crippen molar-refractivity contribution in [3.63, 3.8) is 0 Å². The van der Waals surface area contributed by atoms with Gasteiger partial charge in [0, 0.05) is 5.56 Å². The van der Waals surface area contributed by atoms with Crippen molar-refractivity contribution < 1.29 is 4.79 Å². The van der Waals surface area contributed by atoms with E-state index in [-0.39, 0.29) is 0 Å². The quantitative estimate of drug-likeness (QED) is 0.577. The average molecular weight is 161 g/mol. The molecule has 52 valence electrons. The molecule has 1 rings (SSSR count). The fourth-order valence-corrected chi connectivity index (χ4v) is 1.01. The molecule has 0 saturated heterocycles. The molecule has 2 heteroatoms. The minimum absolute atomic E-state index is 0.391. The zero-order chi connectivity index (χ0) is 7.56. The van der Waals surface area contributed by atoms with E-state index in [1.165, 1.54) is 0 Å². The van der Waals surface area contributed by atoms with Crippen molar-refractivity contribution in [2.24, 2.45) is 0 Å². The van der Waals surface area contributed by atoms with E-state index in [9.17, 15) is 4.79 Å². The van der Waals surface area contributed by atoms with Gasteiger partial charge in [-0.05, 0) is 30.2 Å². The Bertz CT molecular complexity index is 255. The number of hydrogen-bond donors (Lipinski definition) is 0. The van der Waals surface area contributed by atoms with Crippen LogP contribution in [0.5, 0.6) is 0 Å². The van der Waals surface area contributed by atoms with Crippen LogP contribution in [0.2, 0.25) is 0 Å². The van der Waals surface area contributed by atoms with Crippen LogP contribution in [-0.4, -0.2) is 5.24 Å². The lowest BCUT2D eigenvalue weighted by Crippen LogP contribution is -1.90. The van der Waals surface area contributed by atoms with Crippen LogP contribution in [0.25, 0.3) is 0 Å². The van der Waals surface area contributed by atoms with Crippen LogP contribution in [0.1, 0.15) is 15.9 Å². The summed E-state index contributed by atoms with van der Waals surface area (Å²) in [4.78, 5) is 10.6. The van der Waals surface area contributed by atoms with Crippen LogP contribution in [-0.2, 0) is 0 Å². The zero-order valence-electron chi connectivity index (χ0n) is 5.60. The van der Waals surface area contributed by atoms with Gasteiger partial charge >= 0.3 is 0 Å². The van der Waals surface area contributed by atoms with Crippen LogP contribution >= 0.6 is 11.6 Å². The van der Waals surface area contributed by atoms with Gasteiger partial charge in [0.15, 0.2) is 0 Å². The molecular weight excluding hydrogens is 153 g/mol. The predicted molar refractivity (Wildman–Crippen MR) is 41.4 cm³/mol. The molecule has 0 spiro atoms. The summed E-state index contributed by atoms with van der Waals surface area (Å²) in [6.45, 7) is 1.86. The second-order valence-electron chi connectivity index (χ2n) is 2.09. The molecule has 0 aliphatic rings. The molecule has 0 heterocycles. The van der Waals surface area contributed by atoms with Crippen LogP contribution in [0, 0.1) is 6.92 Å². The first kappa shape index (κ1) is 7.29. The Kier molecular flexibility index (Phi) is 2.07. The second-order valence-corrected chi connectivity index (χ2v) is 2.43. The Morgan fingerprint density at radius 3 is 2.40 bits per heavy atom. The summed E-state index contributed by atoms with van der Waals surface area (Å²) in [5.41, 5.74) is 1.51. The van der Waals surface area contributed by atoms with Gasteiger partial charge < -0.3 is 0 Å². The third-order valence-electron chi connectivity index (χ3n) is 1.36. The molecule has 0 amide bonds. The fraction of sp³-hybridized carbons (Fsp3) is 0.125. The predicted octanol–water partition coefficient (Wildman–Crippen LogP) is 2.37. The van der Waals surface area contributed by atoms with E-state index in [0.29, 0.717) is 5.56 Å². The van der Waals surface area contributed by atoms with Crippen molar-refractivity contribution in [2.75, 3.05) is 0 Å².